The fraction of sp³-hybridized carbons (Fsp3) is 0.158. The molecule has 0 aliphatic carbocycles. The fourth-order valence-electron chi connectivity index (χ4n) is 2.79. The van der Waals surface area contributed by atoms with Crippen LogP contribution in [0.25, 0.3) is 10.8 Å². The Morgan fingerprint density at radius 3 is 2.58 bits per heavy atom. The second kappa shape index (κ2) is 7.60. The number of benzene rings is 2. The lowest BCUT2D eigenvalue weighted by molar-refractivity contribution is -0.383. The van der Waals surface area contributed by atoms with Gasteiger partial charge in [0, 0.05) is 48.7 Å². The fourth-order valence-corrected chi connectivity index (χ4v) is 2.79. The van der Waals surface area contributed by atoms with Gasteiger partial charge in [-0.1, -0.05) is 12.1 Å². The highest BCUT2D eigenvalue weighted by atomic mass is 16.6. The highest BCUT2D eigenvalue weighted by Gasteiger charge is 2.14. The third-order valence-corrected chi connectivity index (χ3v) is 4.00. The maximum Gasteiger partial charge on any atom is 0.278 e. The number of nitro groups is 1. The van der Waals surface area contributed by atoms with E-state index in [2.05, 4.69) is 15.6 Å². The number of carbonyl (C=O) groups excluding carboxylic acids is 1. The van der Waals surface area contributed by atoms with Crippen molar-refractivity contribution in [3.8, 4) is 0 Å². The second-order valence-electron chi connectivity index (χ2n) is 5.87. The van der Waals surface area contributed by atoms with Gasteiger partial charge in [-0.3, -0.25) is 19.9 Å². The Balaban J connectivity index is 1.69. The van der Waals surface area contributed by atoms with Gasteiger partial charge in [-0.25, -0.2) is 0 Å². The summed E-state index contributed by atoms with van der Waals surface area (Å²) in [6, 6.07) is 12.6. The van der Waals surface area contributed by atoms with E-state index in [-0.39, 0.29) is 11.6 Å². The number of aromatic nitrogens is 1. The summed E-state index contributed by atoms with van der Waals surface area (Å²) in [5, 5.41) is 18.5. The lowest BCUT2D eigenvalue weighted by atomic mass is 10.1. The van der Waals surface area contributed by atoms with E-state index in [0.717, 1.165) is 28.7 Å². The summed E-state index contributed by atoms with van der Waals surface area (Å²) in [5.41, 5.74) is 2.78. The number of fused-ring (bicyclic) bond motifs is 1. The predicted octanol–water partition coefficient (Wildman–Crippen LogP) is 3.76. The number of amides is 1. The van der Waals surface area contributed by atoms with Crippen LogP contribution in [0.2, 0.25) is 0 Å². The highest BCUT2D eigenvalue weighted by Crippen LogP contribution is 2.30. The maximum absolute atomic E-state index is 11.2. The quantitative estimate of drug-likeness (QED) is 0.521. The molecule has 7 heteroatoms. The molecule has 132 valence electrons. The number of nitrogens with zero attached hydrogens (tertiary/aromatic N) is 2. The molecule has 0 spiro atoms. The van der Waals surface area contributed by atoms with Crippen LogP contribution in [0.1, 0.15) is 12.5 Å². The number of anilines is 2. The Labute approximate surface area is 150 Å². The summed E-state index contributed by atoms with van der Waals surface area (Å²) in [5.74, 6) is -0.0982. The van der Waals surface area contributed by atoms with Crippen molar-refractivity contribution in [3.05, 3.63) is 70.5 Å². The molecule has 0 bridgehead atoms. The molecule has 0 aliphatic rings. The average molecular weight is 350 g/mol. The van der Waals surface area contributed by atoms with Crippen LogP contribution in [0.15, 0.2) is 54.9 Å². The van der Waals surface area contributed by atoms with Crippen molar-refractivity contribution in [2.24, 2.45) is 0 Å². The van der Waals surface area contributed by atoms with Crippen LogP contribution in [0.4, 0.5) is 17.1 Å². The first-order valence-electron chi connectivity index (χ1n) is 8.16. The zero-order valence-corrected chi connectivity index (χ0v) is 14.2. The molecule has 7 nitrogen and oxygen atoms in total. The smallest absolute Gasteiger partial charge is 0.278 e. The van der Waals surface area contributed by atoms with E-state index in [1.54, 1.807) is 18.3 Å². The molecule has 1 heterocycles. The van der Waals surface area contributed by atoms with Crippen molar-refractivity contribution in [3.63, 3.8) is 0 Å². The van der Waals surface area contributed by atoms with Crippen LogP contribution in [-0.4, -0.2) is 22.4 Å². The van der Waals surface area contributed by atoms with Gasteiger partial charge >= 0.3 is 0 Å². The zero-order chi connectivity index (χ0) is 18.5. The van der Waals surface area contributed by atoms with Crippen LogP contribution in [0.3, 0.4) is 0 Å². The molecule has 3 aromatic rings. The molecule has 3 rings (SSSR count). The Bertz CT molecular complexity index is 955. The molecule has 0 saturated carbocycles. The lowest BCUT2D eigenvalue weighted by Gasteiger charge is -2.10. The molecule has 1 amide bonds. The topological polar surface area (TPSA) is 97.2 Å². The minimum Gasteiger partial charge on any atom is -0.384 e. The molecule has 0 fully saturated rings. The summed E-state index contributed by atoms with van der Waals surface area (Å²) in [6.45, 7) is 2.15. The number of nitrogens with one attached hydrogen (secondary N) is 2. The minimum atomic E-state index is -0.398. The van der Waals surface area contributed by atoms with Crippen LogP contribution < -0.4 is 10.6 Å². The Morgan fingerprint density at radius 2 is 1.88 bits per heavy atom. The Kier molecular flexibility index (Phi) is 5.07. The normalized spacial score (nSPS) is 10.5. The first kappa shape index (κ1) is 17.3. The Morgan fingerprint density at radius 1 is 1.12 bits per heavy atom. The molecule has 0 atom stereocenters. The van der Waals surface area contributed by atoms with E-state index in [4.69, 9.17) is 0 Å². The lowest BCUT2D eigenvalue weighted by Crippen LogP contribution is -2.07. The first-order chi connectivity index (χ1) is 12.5. The molecule has 26 heavy (non-hydrogen) atoms. The largest absolute Gasteiger partial charge is 0.384 e. The summed E-state index contributed by atoms with van der Waals surface area (Å²) in [4.78, 5) is 25.8. The van der Waals surface area contributed by atoms with Gasteiger partial charge < -0.3 is 10.6 Å². The molecular weight excluding hydrogens is 332 g/mol. The molecule has 0 saturated heterocycles. The third-order valence-electron chi connectivity index (χ3n) is 4.00. The second-order valence-corrected chi connectivity index (χ2v) is 5.87. The highest BCUT2D eigenvalue weighted by molar-refractivity contribution is 5.99. The van der Waals surface area contributed by atoms with E-state index >= 15 is 0 Å². The van der Waals surface area contributed by atoms with E-state index in [1.807, 2.05) is 24.3 Å². The van der Waals surface area contributed by atoms with Gasteiger partial charge in [-0.05, 0) is 36.2 Å². The van der Waals surface area contributed by atoms with Crippen molar-refractivity contribution in [1.29, 1.82) is 0 Å². The van der Waals surface area contributed by atoms with Gasteiger partial charge in [0.1, 0.15) is 0 Å². The predicted molar refractivity (Wildman–Crippen MR) is 101 cm³/mol. The van der Waals surface area contributed by atoms with E-state index in [1.165, 1.54) is 19.2 Å². The minimum absolute atomic E-state index is 0.0483. The monoisotopic (exact) mass is 350 g/mol. The average Bonchev–Trinajstić information content (AvgIpc) is 2.62. The van der Waals surface area contributed by atoms with Gasteiger partial charge in [-0.2, -0.15) is 0 Å². The van der Waals surface area contributed by atoms with Crippen molar-refractivity contribution < 1.29 is 9.72 Å². The number of non-ortho nitro benzene ring substituents is 1. The zero-order valence-electron chi connectivity index (χ0n) is 14.2. The number of pyridine rings is 1. The van der Waals surface area contributed by atoms with Crippen LogP contribution in [-0.2, 0) is 11.2 Å². The van der Waals surface area contributed by atoms with E-state index in [9.17, 15) is 14.9 Å². The molecular formula is C19H18N4O3. The van der Waals surface area contributed by atoms with E-state index < -0.39 is 4.92 Å². The number of carbonyl (C=O) groups is 1. The van der Waals surface area contributed by atoms with Crippen LogP contribution >= 0.6 is 0 Å². The van der Waals surface area contributed by atoms with Crippen molar-refractivity contribution >= 4 is 33.7 Å². The summed E-state index contributed by atoms with van der Waals surface area (Å²) in [7, 11) is 0. The molecule has 0 aliphatic heterocycles. The summed E-state index contributed by atoms with van der Waals surface area (Å²) < 4.78 is 0. The number of nitro benzene ring substituents is 1. The number of hydrogen-bond acceptors (Lipinski definition) is 5. The maximum atomic E-state index is 11.2. The van der Waals surface area contributed by atoms with Gasteiger partial charge in [-0.15, -0.1) is 0 Å². The third kappa shape index (κ3) is 3.94. The molecule has 1 aromatic heterocycles. The van der Waals surface area contributed by atoms with Crippen molar-refractivity contribution in [1.82, 2.24) is 4.98 Å². The standard InChI is InChI=1S/C19H18N4O3/c1-13(24)22-15-4-2-14(3-5-15)8-11-21-18-6-7-19(23(25)26)17-12-20-10-9-16(17)18/h2-7,9-10,12,21H,8,11H2,1H3,(H,22,24). The van der Waals surface area contributed by atoms with Crippen LogP contribution in [0.5, 0.6) is 0 Å². The van der Waals surface area contributed by atoms with Gasteiger partial charge in [0.2, 0.25) is 5.91 Å². The molecule has 2 aromatic carbocycles. The molecule has 0 radical (unpaired) electrons. The van der Waals surface area contributed by atoms with E-state index in [0.29, 0.717) is 11.9 Å². The van der Waals surface area contributed by atoms with Crippen molar-refractivity contribution in [2.75, 3.05) is 17.2 Å². The summed E-state index contributed by atoms with van der Waals surface area (Å²) in [6.07, 6.45) is 3.92. The van der Waals surface area contributed by atoms with Crippen molar-refractivity contribution in [2.45, 2.75) is 13.3 Å². The first-order valence-corrected chi connectivity index (χ1v) is 8.16. The van der Waals surface area contributed by atoms with Gasteiger partial charge in [0.05, 0.1) is 10.3 Å². The Hall–Kier alpha value is -3.48. The summed E-state index contributed by atoms with van der Waals surface area (Å²) >= 11 is 0. The van der Waals surface area contributed by atoms with Crippen LogP contribution in [0, 0.1) is 10.1 Å². The molecule has 0 unspecified atom stereocenters. The van der Waals surface area contributed by atoms with Gasteiger partial charge in [0.25, 0.3) is 5.69 Å². The van der Waals surface area contributed by atoms with Gasteiger partial charge in [0.15, 0.2) is 0 Å². The molecule has 2 N–H and O–H groups in total. The number of hydrogen-bond donors (Lipinski definition) is 2. The SMILES string of the molecule is CC(=O)Nc1ccc(CCNc2ccc([N+](=O)[O-])c3cnccc23)cc1. The number of rotatable bonds is 6.